The molecule has 1 rings (SSSR count). The Balaban J connectivity index is 3.00. The number of ether oxygens (including phenoxy) is 1. The third kappa shape index (κ3) is 3.59. The zero-order valence-corrected chi connectivity index (χ0v) is 12.4. The van der Waals surface area contributed by atoms with Gasteiger partial charge in [0.25, 0.3) is 0 Å². The summed E-state index contributed by atoms with van der Waals surface area (Å²) in [6.07, 6.45) is 1.92. The number of aryl methyl sites for hydroxylation is 2. The van der Waals surface area contributed by atoms with Crippen LogP contribution in [0.25, 0.3) is 0 Å². The smallest absolute Gasteiger partial charge is 0.408 e. The lowest BCUT2D eigenvalue weighted by atomic mass is 9.91. The predicted molar refractivity (Wildman–Crippen MR) is 73.1 cm³/mol. The molecule has 1 aromatic rings. The molecule has 0 saturated heterocycles. The Hall–Kier alpha value is -1.78. The third-order valence-electron chi connectivity index (χ3n) is 2.79. The Morgan fingerprint density at radius 2 is 1.89 bits per heavy atom. The van der Waals surface area contributed by atoms with E-state index in [4.69, 9.17) is 4.74 Å². The molecule has 1 amide bonds. The van der Waals surface area contributed by atoms with Crippen LogP contribution in [0.1, 0.15) is 44.5 Å². The molecule has 2 N–H and O–H groups in total. The highest BCUT2D eigenvalue weighted by Crippen LogP contribution is 2.26. The highest BCUT2D eigenvalue weighted by Gasteiger charge is 2.33. The van der Waals surface area contributed by atoms with Gasteiger partial charge in [0.2, 0.25) is 0 Å². The Bertz CT molecular complexity index is 466. The van der Waals surface area contributed by atoms with Gasteiger partial charge in [-0.3, -0.25) is 0 Å². The molecule has 5 nitrogen and oxygen atoms in total. The van der Waals surface area contributed by atoms with E-state index < -0.39 is 17.2 Å². The van der Waals surface area contributed by atoms with Crippen molar-refractivity contribution in [1.29, 1.82) is 0 Å². The first kappa shape index (κ1) is 15.3. The lowest BCUT2D eigenvalue weighted by Crippen LogP contribution is -2.47. The zero-order valence-electron chi connectivity index (χ0n) is 12.4. The van der Waals surface area contributed by atoms with Crippen LogP contribution in [0.3, 0.4) is 0 Å². The lowest BCUT2D eigenvalue weighted by molar-refractivity contribution is -0.113. The fourth-order valence-corrected chi connectivity index (χ4v) is 2.12. The van der Waals surface area contributed by atoms with Crippen molar-refractivity contribution in [2.75, 3.05) is 0 Å². The average molecular weight is 266 g/mol. The Labute approximate surface area is 113 Å². The molecular weight excluding hydrogens is 244 g/mol. The number of aromatic nitrogens is 1. The molecule has 1 unspecified atom stereocenters. The molecule has 0 fully saturated rings. The maximum Gasteiger partial charge on any atom is 0.408 e. The van der Waals surface area contributed by atoms with Gasteiger partial charge >= 0.3 is 6.09 Å². The number of aldehydes is 1. The minimum Gasteiger partial charge on any atom is -0.444 e. The summed E-state index contributed by atoms with van der Waals surface area (Å²) < 4.78 is 5.19. The molecule has 1 aromatic heterocycles. The summed E-state index contributed by atoms with van der Waals surface area (Å²) in [6, 6.07) is 0. The van der Waals surface area contributed by atoms with E-state index in [1.54, 1.807) is 27.7 Å². The quantitative estimate of drug-likeness (QED) is 0.826. The van der Waals surface area contributed by atoms with Crippen LogP contribution < -0.4 is 5.32 Å². The topological polar surface area (TPSA) is 71.2 Å². The van der Waals surface area contributed by atoms with Crippen LogP contribution in [0.5, 0.6) is 0 Å². The van der Waals surface area contributed by atoms with E-state index in [0.717, 1.165) is 23.1 Å². The Morgan fingerprint density at radius 1 is 1.32 bits per heavy atom. The van der Waals surface area contributed by atoms with E-state index in [0.29, 0.717) is 0 Å². The second-order valence-electron chi connectivity index (χ2n) is 5.92. The predicted octanol–water partition coefficient (Wildman–Crippen LogP) is 2.57. The maximum absolute atomic E-state index is 11.8. The van der Waals surface area contributed by atoms with Crippen molar-refractivity contribution >= 4 is 12.4 Å². The zero-order chi connectivity index (χ0) is 14.8. The maximum atomic E-state index is 11.8. The summed E-state index contributed by atoms with van der Waals surface area (Å²) >= 11 is 0. The van der Waals surface area contributed by atoms with Crippen molar-refractivity contribution in [2.45, 2.75) is 52.7 Å². The molecule has 106 valence electrons. The van der Waals surface area contributed by atoms with E-state index >= 15 is 0 Å². The minimum atomic E-state index is -1.10. The molecule has 0 spiro atoms. The van der Waals surface area contributed by atoms with Gasteiger partial charge in [-0.05, 0) is 47.1 Å². The molecule has 19 heavy (non-hydrogen) atoms. The Morgan fingerprint density at radius 3 is 2.26 bits per heavy atom. The van der Waals surface area contributed by atoms with Gasteiger partial charge in [0.05, 0.1) is 0 Å². The van der Waals surface area contributed by atoms with Gasteiger partial charge in [-0.1, -0.05) is 0 Å². The molecule has 0 aliphatic rings. The number of carbonyl (C=O) groups is 2. The third-order valence-corrected chi connectivity index (χ3v) is 2.79. The van der Waals surface area contributed by atoms with Crippen LogP contribution in [0.4, 0.5) is 4.79 Å². The van der Waals surface area contributed by atoms with E-state index in [9.17, 15) is 9.59 Å². The van der Waals surface area contributed by atoms with E-state index in [2.05, 4.69) is 10.3 Å². The van der Waals surface area contributed by atoms with Gasteiger partial charge in [-0.25, -0.2) is 4.79 Å². The first-order valence-electron chi connectivity index (χ1n) is 6.21. The standard InChI is InChI=1S/C14H22N2O3/c1-9-7-15-10(2)11(9)14(6,8-17)16-12(18)19-13(3,4)5/h7-8,15H,1-6H3,(H,16,18). The van der Waals surface area contributed by atoms with E-state index in [1.807, 2.05) is 20.0 Å². The number of nitrogens with one attached hydrogen (secondary N) is 2. The summed E-state index contributed by atoms with van der Waals surface area (Å²) in [5.41, 5.74) is 0.840. The molecular formula is C14H22N2O3. The number of aromatic amines is 1. The first-order valence-corrected chi connectivity index (χ1v) is 6.21. The van der Waals surface area contributed by atoms with Crippen molar-refractivity contribution in [1.82, 2.24) is 10.3 Å². The SMILES string of the molecule is Cc1c[nH]c(C)c1C(C)(C=O)NC(=O)OC(C)(C)C. The van der Waals surface area contributed by atoms with Crippen molar-refractivity contribution < 1.29 is 14.3 Å². The first-order chi connectivity index (χ1) is 8.59. The van der Waals surface area contributed by atoms with Gasteiger partial charge in [0.15, 0.2) is 0 Å². The largest absolute Gasteiger partial charge is 0.444 e. The lowest BCUT2D eigenvalue weighted by Gasteiger charge is -2.28. The molecule has 0 aromatic carbocycles. The second kappa shape index (κ2) is 5.07. The molecule has 0 aliphatic heterocycles. The summed E-state index contributed by atoms with van der Waals surface area (Å²) in [5, 5.41) is 2.63. The fourth-order valence-electron chi connectivity index (χ4n) is 2.12. The van der Waals surface area contributed by atoms with Crippen molar-refractivity contribution in [3.8, 4) is 0 Å². The van der Waals surface area contributed by atoms with Crippen LogP contribution in [0.2, 0.25) is 0 Å². The van der Waals surface area contributed by atoms with Crippen molar-refractivity contribution in [2.24, 2.45) is 0 Å². The summed E-state index contributed by atoms with van der Waals surface area (Å²) in [7, 11) is 0. The number of H-pyrrole nitrogens is 1. The number of carbonyl (C=O) groups excluding carboxylic acids is 2. The number of alkyl carbamates (subject to hydrolysis) is 1. The van der Waals surface area contributed by atoms with Crippen LogP contribution in [-0.2, 0) is 15.1 Å². The summed E-state index contributed by atoms with van der Waals surface area (Å²) in [4.78, 5) is 26.3. The number of amides is 1. The van der Waals surface area contributed by atoms with Crippen LogP contribution in [0, 0.1) is 13.8 Å². The normalized spacial score (nSPS) is 14.6. The molecule has 1 heterocycles. The van der Waals surface area contributed by atoms with E-state index in [-0.39, 0.29) is 0 Å². The number of rotatable bonds is 3. The number of hydrogen-bond donors (Lipinski definition) is 2. The molecule has 1 atom stereocenters. The van der Waals surface area contributed by atoms with Crippen LogP contribution >= 0.6 is 0 Å². The van der Waals surface area contributed by atoms with Crippen molar-refractivity contribution in [3.05, 3.63) is 23.0 Å². The monoisotopic (exact) mass is 266 g/mol. The summed E-state index contributed by atoms with van der Waals surface area (Å²) in [6.45, 7) is 10.7. The van der Waals surface area contributed by atoms with Gasteiger partial charge in [-0.2, -0.15) is 0 Å². The van der Waals surface area contributed by atoms with Gasteiger partial charge in [-0.15, -0.1) is 0 Å². The van der Waals surface area contributed by atoms with Gasteiger partial charge < -0.3 is 19.8 Å². The molecule has 5 heteroatoms. The summed E-state index contributed by atoms with van der Waals surface area (Å²) in [5.74, 6) is 0. The number of hydrogen-bond acceptors (Lipinski definition) is 3. The van der Waals surface area contributed by atoms with Gasteiger partial charge in [0, 0.05) is 17.5 Å². The van der Waals surface area contributed by atoms with Crippen LogP contribution in [-0.4, -0.2) is 23.0 Å². The Kier molecular flexibility index (Phi) is 4.08. The minimum absolute atomic E-state index is 0.601. The van der Waals surface area contributed by atoms with Gasteiger partial charge in [0.1, 0.15) is 17.4 Å². The van der Waals surface area contributed by atoms with E-state index in [1.165, 1.54) is 0 Å². The van der Waals surface area contributed by atoms with Crippen molar-refractivity contribution in [3.63, 3.8) is 0 Å². The van der Waals surface area contributed by atoms with Crippen LogP contribution in [0.15, 0.2) is 6.20 Å². The average Bonchev–Trinajstić information content (AvgIpc) is 2.55. The second-order valence-corrected chi connectivity index (χ2v) is 5.92. The highest BCUT2D eigenvalue weighted by molar-refractivity contribution is 5.78. The fraction of sp³-hybridized carbons (Fsp3) is 0.571. The molecule has 0 radical (unpaired) electrons. The molecule has 0 saturated carbocycles. The highest BCUT2D eigenvalue weighted by atomic mass is 16.6. The molecule has 0 bridgehead atoms. The molecule has 0 aliphatic carbocycles.